The molecule has 22 heavy (non-hydrogen) atoms. The molecular weight excluding hydrogens is 299 g/mol. The molecule has 0 aliphatic carbocycles. The van der Waals surface area contributed by atoms with Crippen molar-refractivity contribution in [3.05, 3.63) is 59.7 Å². The number of ether oxygens (including phenoxy) is 2. The molecule has 0 aliphatic rings. The second kappa shape index (κ2) is 8.02. The maximum absolute atomic E-state index is 14.5. The van der Waals surface area contributed by atoms with Crippen LogP contribution < -0.4 is 0 Å². The fraction of sp³-hybridized carbons (Fsp3) is 0.200. The number of aryl methyl sites for hydroxylation is 1. The highest BCUT2D eigenvalue weighted by Gasteiger charge is 2.20. The van der Waals surface area contributed by atoms with Gasteiger partial charge < -0.3 is 9.47 Å². The summed E-state index contributed by atoms with van der Waals surface area (Å²) in [6, 6.07) is 1.23. The predicted octanol–water partition coefficient (Wildman–Crippen LogP) is 3.80. The molecule has 0 spiro atoms. The lowest BCUT2D eigenvalue weighted by Crippen LogP contribution is -2.08. The minimum Gasteiger partial charge on any atom is -0.465 e. The molecule has 1 aromatic rings. The number of alkyl halides is 2. The number of nitrogens with zero attached hydrogens (tertiary/aromatic N) is 1. The third-order valence-electron chi connectivity index (χ3n) is 2.50. The first kappa shape index (κ1) is 17.5. The molecular formula is C15H14F3NO3. The predicted molar refractivity (Wildman–Crippen MR) is 74.8 cm³/mol. The first-order valence-corrected chi connectivity index (χ1v) is 6.09. The molecule has 1 rings (SSSR count). The highest BCUT2D eigenvalue weighted by Crippen LogP contribution is 2.27. The Morgan fingerprint density at radius 3 is 2.64 bits per heavy atom. The van der Waals surface area contributed by atoms with Gasteiger partial charge >= 0.3 is 12.6 Å². The molecule has 4 nitrogen and oxygen atoms in total. The molecule has 0 N–H and O–H groups in total. The largest absolute Gasteiger partial charge is 0.465 e. The van der Waals surface area contributed by atoms with E-state index in [0.717, 1.165) is 19.4 Å². The van der Waals surface area contributed by atoms with E-state index >= 15 is 0 Å². The number of hydrogen-bond donors (Lipinski definition) is 0. The van der Waals surface area contributed by atoms with Crippen LogP contribution in [0.5, 0.6) is 0 Å². The number of halogens is 3. The molecule has 0 bridgehead atoms. The van der Waals surface area contributed by atoms with Crippen molar-refractivity contribution in [2.75, 3.05) is 7.11 Å². The maximum Gasteiger partial charge on any atom is 0.387 e. The van der Waals surface area contributed by atoms with E-state index in [0.29, 0.717) is 5.69 Å². The van der Waals surface area contributed by atoms with Gasteiger partial charge in [-0.15, -0.1) is 0 Å². The van der Waals surface area contributed by atoms with E-state index in [9.17, 15) is 18.0 Å². The normalized spacial score (nSPS) is 12.3. The lowest BCUT2D eigenvalue weighted by atomic mass is 10.1. The standard InChI is InChI=1S/C15H14F3NO3/c1-4-5-6-12(22-15(17)18)13(16)10-7-9(2)19-8-11(10)14(20)21-3/h4-8,15H,1H2,2-3H3/b6-5-,13-12+. The van der Waals surface area contributed by atoms with Crippen LogP contribution in [0.4, 0.5) is 13.2 Å². The lowest BCUT2D eigenvalue weighted by molar-refractivity contribution is -0.0921. The van der Waals surface area contributed by atoms with E-state index < -0.39 is 24.2 Å². The van der Waals surface area contributed by atoms with Gasteiger partial charge in [-0.3, -0.25) is 4.98 Å². The monoisotopic (exact) mass is 313 g/mol. The lowest BCUT2D eigenvalue weighted by Gasteiger charge is -2.11. The van der Waals surface area contributed by atoms with Crippen LogP contribution in [-0.4, -0.2) is 24.7 Å². The summed E-state index contributed by atoms with van der Waals surface area (Å²) in [6.45, 7) is 1.70. The Hall–Kier alpha value is -2.57. The number of esters is 1. The number of hydrogen-bond acceptors (Lipinski definition) is 4. The van der Waals surface area contributed by atoms with Crippen molar-refractivity contribution in [2.45, 2.75) is 13.5 Å². The van der Waals surface area contributed by atoms with Gasteiger partial charge in [-0.1, -0.05) is 18.7 Å². The SMILES string of the molecule is C=C/C=C\C(OC(F)F)=C(/F)c1cc(C)ncc1C(=O)OC. The van der Waals surface area contributed by atoms with Gasteiger partial charge in [0.25, 0.3) is 0 Å². The molecule has 0 radical (unpaired) electrons. The Morgan fingerprint density at radius 1 is 1.41 bits per heavy atom. The van der Waals surface area contributed by atoms with Gasteiger partial charge in [0.05, 0.1) is 12.7 Å². The maximum atomic E-state index is 14.5. The number of allylic oxidation sites excluding steroid dienone is 3. The average Bonchev–Trinajstić information content (AvgIpc) is 2.49. The van der Waals surface area contributed by atoms with E-state index in [-0.39, 0.29) is 11.1 Å². The van der Waals surface area contributed by atoms with Crippen LogP contribution >= 0.6 is 0 Å². The highest BCUT2D eigenvalue weighted by atomic mass is 19.3. The van der Waals surface area contributed by atoms with E-state index in [1.807, 2.05) is 0 Å². The van der Waals surface area contributed by atoms with Crippen LogP contribution in [0.1, 0.15) is 21.6 Å². The Morgan fingerprint density at radius 2 is 2.09 bits per heavy atom. The zero-order valence-electron chi connectivity index (χ0n) is 12.0. The Bertz CT molecular complexity index is 624. The molecule has 0 fully saturated rings. The van der Waals surface area contributed by atoms with Crippen molar-refractivity contribution in [3.8, 4) is 0 Å². The van der Waals surface area contributed by atoms with Crippen molar-refractivity contribution in [3.63, 3.8) is 0 Å². The third-order valence-corrected chi connectivity index (χ3v) is 2.50. The fourth-order valence-corrected chi connectivity index (χ4v) is 1.56. The summed E-state index contributed by atoms with van der Waals surface area (Å²) in [5.74, 6) is -2.71. The quantitative estimate of drug-likeness (QED) is 0.455. The number of aromatic nitrogens is 1. The molecule has 0 aliphatic heterocycles. The van der Waals surface area contributed by atoms with Crippen LogP contribution in [0.3, 0.4) is 0 Å². The van der Waals surface area contributed by atoms with Crippen molar-refractivity contribution >= 4 is 11.8 Å². The Balaban J connectivity index is 3.49. The van der Waals surface area contributed by atoms with E-state index in [2.05, 4.69) is 21.0 Å². The highest BCUT2D eigenvalue weighted by molar-refractivity contribution is 5.94. The number of carbonyl (C=O) groups is 1. The van der Waals surface area contributed by atoms with Crippen LogP contribution in [0.15, 0.2) is 42.8 Å². The van der Waals surface area contributed by atoms with Gasteiger partial charge in [0.1, 0.15) is 0 Å². The van der Waals surface area contributed by atoms with Gasteiger partial charge in [0.2, 0.25) is 0 Å². The molecule has 1 heterocycles. The van der Waals surface area contributed by atoms with Crippen molar-refractivity contribution in [1.29, 1.82) is 0 Å². The van der Waals surface area contributed by atoms with Crippen LogP contribution in [0.2, 0.25) is 0 Å². The average molecular weight is 313 g/mol. The zero-order valence-corrected chi connectivity index (χ0v) is 12.0. The summed E-state index contributed by atoms with van der Waals surface area (Å²) in [4.78, 5) is 15.5. The molecule has 0 atom stereocenters. The van der Waals surface area contributed by atoms with Gasteiger partial charge in [-0.2, -0.15) is 8.78 Å². The second-order valence-electron chi connectivity index (χ2n) is 4.01. The van der Waals surface area contributed by atoms with E-state index in [1.54, 1.807) is 6.92 Å². The first-order valence-electron chi connectivity index (χ1n) is 6.09. The summed E-state index contributed by atoms with van der Waals surface area (Å²) in [6.07, 6.45) is 4.57. The summed E-state index contributed by atoms with van der Waals surface area (Å²) in [5.41, 5.74) is -0.0569. The third kappa shape index (κ3) is 4.47. The first-order chi connectivity index (χ1) is 10.4. The Kier molecular flexibility index (Phi) is 6.37. The molecule has 118 valence electrons. The number of rotatable bonds is 6. The number of methoxy groups -OCH3 is 1. The fourth-order valence-electron chi connectivity index (χ4n) is 1.56. The number of pyridine rings is 1. The molecule has 0 saturated heterocycles. The summed E-state index contributed by atoms with van der Waals surface area (Å²) in [5, 5.41) is 0. The van der Waals surface area contributed by atoms with Crippen LogP contribution in [0.25, 0.3) is 5.83 Å². The smallest absolute Gasteiger partial charge is 0.387 e. The summed E-state index contributed by atoms with van der Waals surface area (Å²) in [7, 11) is 1.11. The topological polar surface area (TPSA) is 48.4 Å². The molecule has 0 unspecified atom stereocenters. The van der Waals surface area contributed by atoms with Gasteiger partial charge in [-0.25, -0.2) is 9.18 Å². The second-order valence-corrected chi connectivity index (χ2v) is 4.01. The van der Waals surface area contributed by atoms with Gasteiger partial charge in [0, 0.05) is 17.5 Å². The summed E-state index contributed by atoms with van der Waals surface area (Å²) >= 11 is 0. The molecule has 7 heteroatoms. The van der Waals surface area contributed by atoms with Crippen molar-refractivity contribution in [2.24, 2.45) is 0 Å². The number of carbonyl (C=O) groups excluding carboxylic acids is 1. The van der Waals surface area contributed by atoms with E-state index in [1.165, 1.54) is 18.2 Å². The van der Waals surface area contributed by atoms with Crippen LogP contribution in [0, 0.1) is 6.92 Å². The van der Waals surface area contributed by atoms with E-state index in [4.69, 9.17) is 0 Å². The summed E-state index contributed by atoms with van der Waals surface area (Å²) < 4.78 is 48.0. The molecule has 0 aromatic carbocycles. The van der Waals surface area contributed by atoms with Crippen LogP contribution in [-0.2, 0) is 9.47 Å². The zero-order chi connectivity index (χ0) is 16.7. The minimum atomic E-state index is -3.22. The Labute approximate surface area is 125 Å². The minimum absolute atomic E-state index is 0.201. The van der Waals surface area contributed by atoms with Crippen molar-refractivity contribution in [1.82, 2.24) is 4.98 Å². The molecule has 0 amide bonds. The molecule has 0 saturated carbocycles. The van der Waals surface area contributed by atoms with Gasteiger partial charge in [0.15, 0.2) is 11.6 Å². The van der Waals surface area contributed by atoms with Gasteiger partial charge in [-0.05, 0) is 19.1 Å². The molecule has 1 aromatic heterocycles. The van der Waals surface area contributed by atoms with Crippen molar-refractivity contribution < 1.29 is 27.4 Å².